The van der Waals surface area contributed by atoms with Gasteiger partial charge in [0.15, 0.2) is 0 Å². The zero-order valence-corrected chi connectivity index (χ0v) is 9.47. The summed E-state index contributed by atoms with van der Waals surface area (Å²) in [7, 11) is 0. The molecule has 2 fully saturated rings. The van der Waals surface area contributed by atoms with E-state index in [1.807, 2.05) is 0 Å². The standard InChI is InChI=1S/C12H23N2/c1-12(8-4-5-9-13-12)14-10-6-2-3-7-11-14/h2-11H2,1H3. The van der Waals surface area contributed by atoms with Gasteiger partial charge in [0.2, 0.25) is 0 Å². The highest BCUT2D eigenvalue weighted by molar-refractivity contribution is 4.87. The minimum absolute atomic E-state index is 0.197. The van der Waals surface area contributed by atoms with Gasteiger partial charge < -0.3 is 0 Å². The molecule has 0 aromatic rings. The van der Waals surface area contributed by atoms with E-state index in [1.54, 1.807) is 0 Å². The average molecular weight is 195 g/mol. The third-order valence-corrected chi connectivity index (χ3v) is 3.80. The summed E-state index contributed by atoms with van der Waals surface area (Å²) < 4.78 is 0. The van der Waals surface area contributed by atoms with Gasteiger partial charge in [0.25, 0.3) is 0 Å². The van der Waals surface area contributed by atoms with E-state index < -0.39 is 0 Å². The molecule has 0 aliphatic carbocycles. The van der Waals surface area contributed by atoms with Crippen molar-refractivity contribution in [1.82, 2.24) is 10.2 Å². The first-order valence-corrected chi connectivity index (χ1v) is 6.25. The lowest BCUT2D eigenvalue weighted by Crippen LogP contribution is -2.55. The second-order valence-electron chi connectivity index (χ2n) is 4.96. The zero-order chi connectivity index (χ0) is 9.86. The van der Waals surface area contributed by atoms with Crippen LogP contribution in [0.15, 0.2) is 0 Å². The van der Waals surface area contributed by atoms with Crippen molar-refractivity contribution in [3.05, 3.63) is 0 Å². The number of rotatable bonds is 1. The monoisotopic (exact) mass is 195 g/mol. The van der Waals surface area contributed by atoms with Gasteiger partial charge in [-0.3, -0.25) is 4.90 Å². The van der Waals surface area contributed by atoms with Crippen LogP contribution in [0.1, 0.15) is 51.9 Å². The van der Waals surface area contributed by atoms with Crippen molar-refractivity contribution in [2.24, 2.45) is 0 Å². The molecule has 0 aromatic carbocycles. The van der Waals surface area contributed by atoms with E-state index in [1.165, 1.54) is 58.0 Å². The molecule has 81 valence electrons. The highest BCUT2D eigenvalue weighted by Crippen LogP contribution is 2.27. The minimum Gasteiger partial charge on any atom is -0.285 e. The summed E-state index contributed by atoms with van der Waals surface area (Å²) in [5, 5.41) is 4.85. The van der Waals surface area contributed by atoms with Crippen LogP contribution in [0.4, 0.5) is 0 Å². The third-order valence-electron chi connectivity index (χ3n) is 3.80. The number of likely N-dealkylation sites (tertiary alicyclic amines) is 1. The van der Waals surface area contributed by atoms with Gasteiger partial charge in [-0.05, 0) is 52.1 Å². The van der Waals surface area contributed by atoms with Gasteiger partial charge in [-0.15, -0.1) is 0 Å². The summed E-state index contributed by atoms with van der Waals surface area (Å²) in [4.78, 5) is 2.64. The molecule has 0 spiro atoms. The molecule has 14 heavy (non-hydrogen) atoms. The van der Waals surface area contributed by atoms with Crippen LogP contribution in [0.5, 0.6) is 0 Å². The molecule has 2 saturated heterocycles. The van der Waals surface area contributed by atoms with Crippen LogP contribution in [0.2, 0.25) is 0 Å². The molecule has 2 nitrogen and oxygen atoms in total. The number of nitrogens with zero attached hydrogens (tertiary/aromatic N) is 2. The van der Waals surface area contributed by atoms with E-state index in [4.69, 9.17) is 5.32 Å². The second-order valence-corrected chi connectivity index (χ2v) is 4.96. The molecule has 0 bridgehead atoms. The SMILES string of the molecule is CC1(N2CCCCCC2)CCCC[N]1. The highest BCUT2D eigenvalue weighted by atomic mass is 15.3. The van der Waals surface area contributed by atoms with E-state index in [2.05, 4.69) is 11.8 Å². The highest BCUT2D eigenvalue weighted by Gasteiger charge is 2.33. The molecule has 0 aromatic heterocycles. The van der Waals surface area contributed by atoms with Gasteiger partial charge in [0, 0.05) is 6.54 Å². The Labute approximate surface area is 88.1 Å². The minimum atomic E-state index is 0.197. The van der Waals surface area contributed by atoms with Crippen LogP contribution in [0.3, 0.4) is 0 Å². The fourth-order valence-electron chi connectivity index (χ4n) is 2.78. The Hall–Kier alpha value is -0.0800. The average Bonchev–Trinajstić information content (AvgIpc) is 2.47. The van der Waals surface area contributed by atoms with Crippen molar-refractivity contribution in [2.45, 2.75) is 57.5 Å². The summed E-state index contributed by atoms with van der Waals surface area (Å²) >= 11 is 0. The predicted molar refractivity (Wildman–Crippen MR) is 59.3 cm³/mol. The van der Waals surface area contributed by atoms with E-state index in [0.29, 0.717) is 0 Å². The molecule has 1 atom stereocenters. The first-order valence-electron chi connectivity index (χ1n) is 6.25. The van der Waals surface area contributed by atoms with Crippen LogP contribution < -0.4 is 5.32 Å². The molecular weight excluding hydrogens is 172 g/mol. The fraction of sp³-hybridized carbons (Fsp3) is 1.00. The summed E-state index contributed by atoms with van der Waals surface area (Å²) in [6.45, 7) is 5.99. The largest absolute Gasteiger partial charge is 0.285 e. The van der Waals surface area contributed by atoms with Gasteiger partial charge in [-0.25, -0.2) is 5.32 Å². The van der Waals surface area contributed by atoms with Crippen LogP contribution in [0.25, 0.3) is 0 Å². The first kappa shape index (κ1) is 10.4. The van der Waals surface area contributed by atoms with Crippen LogP contribution in [0, 0.1) is 0 Å². The Kier molecular flexibility index (Phi) is 3.45. The Morgan fingerprint density at radius 1 is 0.929 bits per heavy atom. The maximum absolute atomic E-state index is 4.85. The lowest BCUT2D eigenvalue weighted by atomic mass is 9.97. The van der Waals surface area contributed by atoms with Crippen molar-refractivity contribution in [1.29, 1.82) is 0 Å². The zero-order valence-electron chi connectivity index (χ0n) is 9.47. The van der Waals surface area contributed by atoms with E-state index in [0.717, 1.165) is 6.54 Å². The topological polar surface area (TPSA) is 17.3 Å². The molecule has 2 aliphatic heterocycles. The molecule has 1 unspecified atom stereocenters. The summed E-state index contributed by atoms with van der Waals surface area (Å²) in [5.41, 5.74) is 0.197. The molecule has 2 heteroatoms. The van der Waals surface area contributed by atoms with Gasteiger partial charge in [0.05, 0.1) is 5.66 Å². The predicted octanol–water partition coefficient (Wildman–Crippen LogP) is 2.37. The maximum atomic E-state index is 4.85. The molecular formula is C12H23N2. The fourth-order valence-corrected chi connectivity index (χ4v) is 2.78. The van der Waals surface area contributed by atoms with E-state index in [-0.39, 0.29) is 5.66 Å². The Bertz CT molecular complexity index is 165. The maximum Gasteiger partial charge on any atom is 0.0845 e. The van der Waals surface area contributed by atoms with Gasteiger partial charge >= 0.3 is 0 Å². The Balaban J connectivity index is 1.95. The van der Waals surface area contributed by atoms with Gasteiger partial charge in [-0.2, -0.15) is 0 Å². The first-order chi connectivity index (χ1) is 6.81. The van der Waals surface area contributed by atoms with Crippen LogP contribution >= 0.6 is 0 Å². The summed E-state index contributed by atoms with van der Waals surface area (Å²) in [6, 6.07) is 0. The van der Waals surface area contributed by atoms with Gasteiger partial charge in [-0.1, -0.05) is 12.8 Å². The van der Waals surface area contributed by atoms with Gasteiger partial charge in [0.1, 0.15) is 0 Å². The Morgan fingerprint density at radius 3 is 2.21 bits per heavy atom. The number of hydrogen-bond donors (Lipinski definition) is 0. The quantitative estimate of drug-likeness (QED) is 0.628. The molecule has 0 saturated carbocycles. The molecule has 1 radical (unpaired) electrons. The molecule has 2 aliphatic rings. The van der Waals surface area contributed by atoms with Crippen LogP contribution in [-0.4, -0.2) is 30.2 Å². The second kappa shape index (κ2) is 4.63. The third kappa shape index (κ3) is 2.29. The van der Waals surface area contributed by atoms with Crippen molar-refractivity contribution >= 4 is 0 Å². The number of piperidine rings is 1. The van der Waals surface area contributed by atoms with E-state index >= 15 is 0 Å². The molecule has 0 N–H and O–H groups in total. The lowest BCUT2D eigenvalue weighted by molar-refractivity contribution is 0.0443. The van der Waals surface area contributed by atoms with Crippen molar-refractivity contribution < 1.29 is 0 Å². The van der Waals surface area contributed by atoms with Crippen LogP contribution in [-0.2, 0) is 0 Å². The summed E-state index contributed by atoms with van der Waals surface area (Å²) in [5.74, 6) is 0. The molecule has 2 rings (SSSR count). The van der Waals surface area contributed by atoms with Crippen molar-refractivity contribution in [3.8, 4) is 0 Å². The number of hydrogen-bond acceptors (Lipinski definition) is 1. The normalized spacial score (nSPS) is 36.6. The molecule has 0 amide bonds. The molecule has 2 heterocycles. The Morgan fingerprint density at radius 2 is 1.64 bits per heavy atom. The van der Waals surface area contributed by atoms with Crippen molar-refractivity contribution in [3.63, 3.8) is 0 Å². The lowest BCUT2D eigenvalue weighted by Gasteiger charge is -2.43. The van der Waals surface area contributed by atoms with E-state index in [9.17, 15) is 0 Å². The van der Waals surface area contributed by atoms with Crippen molar-refractivity contribution in [2.75, 3.05) is 19.6 Å². The summed E-state index contributed by atoms with van der Waals surface area (Å²) in [6.07, 6.45) is 9.57. The smallest absolute Gasteiger partial charge is 0.0845 e.